The summed E-state index contributed by atoms with van der Waals surface area (Å²) < 4.78 is 25.2. The number of nitrogens with zero attached hydrogens (tertiary/aromatic N) is 4. The molecule has 0 N–H and O–H groups in total. The predicted molar refractivity (Wildman–Crippen MR) is 103 cm³/mol. The zero-order valence-corrected chi connectivity index (χ0v) is 16.3. The Bertz CT molecular complexity index is 972. The van der Waals surface area contributed by atoms with Gasteiger partial charge in [0.2, 0.25) is 0 Å². The molecule has 0 aliphatic carbocycles. The molecule has 1 fully saturated rings. The van der Waals surface area contributed by atoms with Crippen LogP contribution in [0.2, 0.25) is 0 Å². The number of carbonyl (C=O) groups is 1. The van der Waals surface area contributed by atoms with Gasteiger partial charge in [-0.1, -0.05) is 13.3 Å². The SMILES string of the molecule is CCCCN(C(=O)c1ccc(-n2ccnc2)c([N+](=O)[O-])c1)C1CCS(=O)(=O)C1. The molecule has 10 heteroatoms. The molecular formula is C18H22N4O5S. The number of nitro benzene ring substituents is 1. The van der Waals surface area contributed by atoms with E-state index in [2.05, 4.69) is 4.98 Å². The maximum Gasteiger partial charge on any atom is 0.294 e. The molecule has 1 aliphatic rings. The van der Waals surface area contributed by atoms with Crippen LogP contribution in [0, 0.1) is 10.1 Å². The number of carbonyl (C=O) groups excluding carboxylic acids is 1. The highest BCUT2D eigenvalue weighted by Gasteiger charge is 2.35. The molecule has 1 aromatic heterocycles. The third-order valence-electron chi connectivity index (χ3n) is 4.86. The van der Waals surface area contributed by atoms with Crippen molar-refractivity contribution in [3.05, 3.63) is 52.6 Å². The molecule has 2 aromatic rings. The zero-order chi connectivity index (χ0) is 20.3. The fourth-order valence-corrected chi connectivity index (χ4v) is 5.12. The molecular weight excluding hydrogens is 384 g/mol. The summed E-state index contributed by atoms with van der Waals surface area (Å²) in [5.41, 5.74) is 0.275. The van der Waals surface area contributed by atoms with Crippen LogP contribution in [0.1, 0.15) is 36.5 Å². The number of hydrogen-bond donors (Lipinski definition) is 0. The van der Waals surface area contributed by atoms with Gasteiger partial charge in [-0.05, 0) is 25.0 Å². The van der Waals surface area contributed by atoms with Gasteiger partial charge in [-0.15, -0.1) is 0 Å². The highest BCUT2D eigenvalue weighted by Crippen LogP contribution is 2.27. The second-order valence-electron chi connectivity index (χ2n) is 6.84. The summed E-state index contributed by atoms with van der Waals surface area (Å²) in [4.78, 5) is 29.6. The highest BCUT2D eigenvalue weighted by molar-refractivity contribution is 7.91. The minimum absolute atomic E-state index is 0.0579. The van der Waals surface area contributed by atoms with Crippen LogP contribution in [0.5, 0.6) is 0 Å². The Kier molecular flexibility index (Phi) is 5.78. The van der Waals surface area contributed by atoms with Crippen LogP contribution in [0.25, 0.3) is 5.69 Å². The molecule has 3 rings (SSSR count). The molecule has 150 valence electrons. The number of amides is 1. The van der Waals surface area contributed by atoms with Crippen molar-refractivity contribution < 1.29 is 18.1 Å². The summed E-state index contributed by atoms with van der Waals surface area (Å²) in [5.74, 6) is -0.374. The lowest BCUT2D eigenvalue weighted by Crippen LogP contribution is -2.41. The first kappa shape index (κ1) is 20.0. The van der Waals surface area contributed by atoms with E-state index in [0.717, 1.165) is 12.8 Å². The lowest BCUT2D eigenvalue weighted by Gasteiger charge is -2.28. The summed E-state index contributed by atoms with van der Waals surface area (Å²) in [6.07, 6.45) is 6.52. The standard InChI is InChI=1S/C18H22N4O5S/c1-2-3-8-21(15-6-10-28(26,27)12-15)18(23)14-4-5-16(17(11-14)22(24)25)20-9-7-19-13-20/h4-5,7,9,11,13,15H,2-3,6,8,10,12H2,1H3. The third-order valence-corrected chi connectivity index (χ3v) is 6.61. The van der Waals surface area contributed by atoms with Gasteiger partial charge in [0.1, 0.15) is 5.69 Å². The van der Waals surface area contributed by atoms with E-state index in [1.54, 1.807) is 11.1 Å². The van der Waals surface area contributed by atoms with Crippen molar-refractivity contribution in [2.75, 3.05) is 18.1 Å². The summed E-state index contributed by atoms with van der Waals surface area (Å²) in [6.45, 7) is 2.41. The normalized spacial score (nSPS) is 18.1. The van der Waals surface area contributed by atoms with Gasteiger partial charge in [0, 0.05) is 36.6 Å². The van der Waals surface area contributed by atoms with Crippen molar-refractivity contribution in [3.63, 3.8) is 0 Å². The van der Waals surface area contributed by atoms with E-state index in [9.17, 15) is 23.3 Å². The average Bonchev–Trinajstić information content (AvgIpc) is 3.31. The van der Waals surface area contributed by atoms with Crippen molar-refractivity contribution in [2.24, 2.45) is 0 Å². The predicted octanol–water partition coefficient (Wildman–Crippen LogP) is 2.21. The van der Waals surface area contributed by atoms with E-state index in [1.165, 1.54) is 35.3 Å². The van der Waals surface area contributed by atoms with Crippen molar-refractivity contribution in [1.29, 1.82) is 0 Å². The monoisotopic (exact) mass is 406 g/mol. The lowest BCUT2D eigenvalue weighted by molar-refractivity contribution is -0.384. The Balaban J connectivity index is 1.94. The molecule has 1 atom stereocenters. The Morgan fingerprint density at radius 1 is 1.43 bits per heavy atom. The van der Waals surface area contributed by atoms with Crippen LogP contribution in [0.15, 0.2) is 36.9 Å². The van der Waals surface area contributed by atoms with Gasteiger partial charge in [-0.2, -0.15) is 0 Å². The summed E-state index contributed by atoms with van der Waals surface area (Å²) in [5, 5.41) is 11.5. The fraction of sp³-hybridized carbons (Fsp3) is 0.444. The Morgan fingerprint density at radius 3 is 2.79 bits per heavy atom. The average molecular weight is 406 g/mol. The van der Waals surface area contributed by atoms with Crippen LogP contribution in [0.4, 0.5) is 5.69 Å². The fourth-order valence-electron chi connectivity index (χ4n) is 3.39. The number of hydrogen-bond acceptors (Lipinski definition) is 6. The maximum absolute atomic E-state index is 13.1. The molecule has 9 nitrogen and oxygen atoms in total. The van der Waals surface area contributed by atoms with Crippen molar-refractivity contribution in [2.45, 2.75) is 32.2 Å². The van der Waals surface area contributed by atoms with Gasteiger partial charge in [0.25, 0.3) is 11.6 Å². The molecule has 1 aliphatic heterocycles. The smallest absolute Gasteiger partial charge is 0.294 e. The van der Waals surface area contributed by atoms with E-state index in [1.807, 2.05) is 6.92 Å². The van der Waals surface area contributed by atoms with Crippen LogP contribution >= 0.6 is 0 Å². The number of aromatic nitrogens is 2. The number of unbranched alkanes of at least 4 members (excludes halogenated alkanes) is 1. The molecule has 0 bridgehead atoms. The molecule has 1 aromatic carbocycles. The first-order valence-electron chi connectivity index (χ1n) is 9.10. The Labute approximate surface area is 163 Å². The van der Waals surface area contributed by atoms with Crippen molar-refractivity contribution in [3.8, 4) is 5.69 Å². The molecule has 1 amide bonds. The van der Waals surface area contributed by atoms with Gasteiger partial charge in [0.15, 0.2) is 9.84 Å². The van der Waals surface area contributed by atoms with Crippen LogP contribution in [0.3, 0.4) is 0 Å². The second kappa shape index (κ2) is 8.09. The largest absolute Gasteiger partial charge is 0.335 e. The van der Waals surface area contributed by atoms with E-state index in [-0.39, 0.29) is 28.7 Å². The summed E-state index contributed by atoms with van der Waals surface area (Å²) >= 11 is 0. The first-order chi connectivity index (χ1) is 13.3. The number of sulfone groups is 1. The van der Waals surface area contributed by atoms with Crippen molar-refractivity contribution in [1.82, 2.24) is 14.5 Å². The molecule has 2 heterocycles. The van der Waals surface area contributed by atoms with Gasteiger partial charge in [0.05, 0.1) is 22.8 Å². The lowest BCUT2D eigenvalue weighted by atomic mass is 10.1. The van der Waals surface area contributed by atoms with Crippen LogP contribution in [-0.2, 0) is 9.84 Å². The topological polar surface area (TPSA) is 115 Å². The maximum atomic E-state index is 13.1. The quantitative estimate of drug-likeness (QED) is 0.514. The Hall–Kier alpha value is -2.75. The first-order valence-corrected chi connectivity index (χ1v) is 10.9. The molecule has 1 unspecified atom stereocenters. The number of benzene rings is 1. The van der Waals surface area contributed by atoms with Crippen LogP contribution in [-0.4, -0.2) is 57.8 Å². The Morgan fingerprint density at radius 2 is 2.21 bits per heavy atom. The molecule has 0 radical (unpaired) electrons. The summed E-state index contributed by atoms with van der Waals surface area (Å²) in [6, 6.07) is 3.90. The molecule has 28 heavy (non-hydrogen) atoms. The minimum Gasteiger partial charge on any atom is -0.335 e. The van der Waals surface area contributed by atoms with Crippen LogP contribution < -0.4 is 0 Å². The van der Waals surface area contributed by atoms with E-state index in [0.29, 0.717) is 18.7 Å². The third kappa shape index (κ3) is 4.22. The summed E-state index contributed by atoms with van der Waals surface area (Å²) in [7, 11) is -3.15. The number of nitro groups is 1. The van der Waals surface area contributed by atoms with E-state index < -0.39 is 20.8 Å². The van der Waals surface area contributed by atoms with Crippen molar-refractivity contribution >= 4 is 21.4 Å². The van der Waals surface area contributed by atoms with Gasteiger partial charge < -0.3 is 9.47 Å². The number of imidazole rings is 1. The van der Waals surface area contributed by atoms with E-state index >= 15 is 0 Å². The van der Waals surface area contributed by atoms with Gasteiger partial charge >= 0.3 is 0 Å². The highest BCUT2D eigenvalue weighted by atomic mass is 32.2. The molecule has 1 saturated heterocycles. The van der Waals surface area contributed by atoms with Gasteiger partial charge in [-0.3, -0.25) is 14.9 Å². The zero-order valence-electron chi connectivity index (χ0n) is 15.5. The van der Waals surface area contributed by atoms with Gasteiger partial charge in [-0.25, -0.2) is 13.4 Å². The molecule has 0 spiro atoms. The molecule has 0 saturated carbocycles. The second-order valence-corrected chi connectivity index (χ2v) is 9.07. The minimum atomic E-state index is -3.15. The number of rotatable bonds is 7. The van der Waals surface area contributed by atoms with E-state index in [4.69, 9.17) is 0 Å².